The van der Waals surface area contributed by atoms with Gasteiger partial charge in [0.05, 0.1) is 16.6 Å². The highest BCUT2D eigenvalue weighted by Crippen LogP contribution is 2.40. The Bertz CT molecular complexity index is 817. The van der Waals surface area contributed by atoms with Crippen molar-refractivity contribution in [3.63, 3.8) is 0 Å². The molecule has 2 aliphatic rings. The average Bonchev–Trinajstić information content (AvgIpc) is 3.42. The fourth-order valence-electron chi connectivity index (χ4n) is 2.86. The summed E-state index contributed by atoms with van der Waals surface area (Å²) in [5.41, 5.74) is 7.97. The van der Waals surface area contributed by atoms with Crippen LogP contribution in [0.4, 0.5) is 0 Å². The summed E-state index contributed by atoms with van der Waals surface area (Å²) >= 11 is 0. The van der Waals surface area contributed by atoms with Gasteiger partial charge in [0.15, 0.2) is 5.65 Å². The third-order valence-corrected chi connectivity index (χ3v) is 4.48. The molecule has 0 bridgehead atoms. The van der Waals surface area contributed by atoms with E-state index in [1.165, 1.54) is 0 Å². The van der Waals surface area contributed by atoms with Crippen molar-refractivity contribution in [2.75, 3.05) is 0 Å². The maximum Gasteiger partial charge on any atom is 0.270 e. The molecule has 2 aliphatic carbocycles. The monoisotopic (exact) mass is 313 g/mol. The van der Waals surface area contributed by atoms with E-state index in [1.54, 1.807) is 4.68 Å². The molecular formula is C16H19N5O2. The highest BCUT2D eigenvalue weighted by atomic mass is 16.2. The number of aryl methyl sites for hydroxylation is 2. The highest BCUT2D eigenvalue weighted by Gasteiger charge is 2.31. The van der Waals surface area contributed by atoms with E-state index in [4.69, 9.17) is 0 Å². The lowest BCUT2D eigenvalue weighted by atomic mass is 10.1. The number of carbonyl (C=O) groups excluding carboxylic acids is 2. The lowest BCUT2D eigenvalue weighted by molar-refractivity contribution is -0.123. The minimum Gasteiger partial charge on any atom is -0.273 e. The van der Waals surface area contributed by atoms with Crippen molar-refractivity contribution in [2.24, 2.45) is 13.0 Å². The smallest absolute Gasteiger partial charge is 0.270 e. The van der Waals surface area contributed by atoms with Crippen molar-refractivity contribution in [1.29, 1.82) is 0 Å². The summed E-state index contributed by atoms with van der Waals surface area (Å²) in [4.78, 5) is 28.9. The maximum absolute atomic E-state index is 12.6. The van der Waals surface area contributed by atoms with Gasteiger partial charge >= 0.3 is 0 Å². The van der Waals surface area contributed by atoms with Gasteiger partial charge in [-0.05, 0) is 38.7 Å². The van der Waals surface area contributed by atoms with Crippen LogP contribution in [0.15, 0.2) is 6.07 Å². The topological polar surface area (TPSA) is 88.9 Å². The van der Waals surface area contributed by atoms with Crippen molar-refractivity contribution >= 4 is 22.8 Å². The van der Waals surface area contributed by atoms with Crippen LogP contribution in [-0.2, 0) is 11.8 Å². The number of aromatic nitrogens is 3. The molecule has 2 saturated carbocycles. The quantitative estimate of drug-likeness (QED) is 0.837. The van der Waals surface area contributed by atoms with Crippen LogP contribution in [0.3, 0.4) is 0 Å². The molecule has 0 unspecified atom stereocenters. The first-order valence-corrected chi connectivity index (χ1v) is 7.99. The maximum atomic E-state index is 12.6. The second-order valence-electron chi connectivity index (χ2n) is 6.49. The van der Waals surface area contributed by atoms with Gasteiger partial charge in [-0.1, -0.05) is 0 Å². The third kappa shape index (κ3) is 2.56. The molecule has 2 amide bonds. The van der Waals surface area contributed by atoms with Gasteiger partial charge in [-0.25, -0.2) is 4.98 Å². The number of nitrogens with zero attached hydrogens (tertiary/aromatic N) is 3. The van der Waals surface area contributed by atoms with Crippen LogP contribution in [0.2, 0.25) is 0 Å². The predicted octanol–water partition coefficient (Wildman–Crippen LogP) is 1.33. The summed E-state index contributed by atoms with van der Waals surface area (Å²) in [7, 11) is 1.83. The number of fused-ring (bicyclic) bond motifs is 1. The minimum absolute atomic E-state index is 0.0508. The molecule has 2 heterocycles. The first kappa shape index (κ1) is 14.2. The average molecular weight is 313 g/mol. The Morgan fingerprint density at radius 3 is 2.61 bits per heavy atom. The molecule has 0 aliphatic heterocycles. The summed E-state index contributed by atoms with van der Waals surface area (Å²) in [5.74, 6) is 0.0514. The number of hydrazine groups is 1. The van der Waals surface area contributed by atoms with Gasteiger partial charge in [-0.15, -0.1) is 0 Å². The molecule has 0 atom stereocenters. The molecule has 4 rings (SSSR count). The van der Waals surface area contributed by atoms with E-state index >= 15 is 0 Å². The van der Waals surface area contributed by atoms with Gasteiger partial charge in [0.1, 0.15) is 0 Å². The van der Waals surface area contributed by atoms with Crippen molar-refractivity contribution in [2.45, 2.75) is 38.5 Å². The van der Waals surface area contributed by atoms with Gasteiger partial charge in [0.2, 0.25) is 5.91 Å². The number of carbonyl (C=O) groups is 2. The van der Waals surface area contributed by atoms with Gasteiger partial charge in [0.25, 0.3) is 5.91 Å². The van der Waals surface area contributed by atoms with Crippen LogP contribution in [0, 0.1) is 12.8 Å². The molecule has 23 heavy (non-hydrogen) atoms. The van der Waals surface area contributed by atoms with Gasteiger partial charge in [0, 0.05) is 24.6 Å². The van der Waals surface area contributed by atoms with Crippen LogP contribution in [0.1, 0.15) is 53.3 Å². The first-order valence-electron chi connectivity index (χ1n) is 7.99. The van der Waals surface area contributed by atoms with Crippen molar-refractivity contribution in [3.8, 4) is 0 Å². The zero-order valence-electron chi connectivity index (χ0n) is 13.2. The summed E-state index contributed by atoms with van der Waals surface area (Å²) in [5, 5.41) is 5.12. The van der Waals surface area contributed by atoms with Crippen LogP contribution in [0.25, 0.3) is 11.0 Å². The van der Waals surface area contributed by atoms with E-state index in [-0.39, 0.29) is 17.7 Å². The van der Waals surface area contributed by atoms with Gasteiger partial charge < -0.3 is 0 Å². The predicted molar refractivity (Wildman–Crippen MR) is 83.6 cm³/mol. The fourth-order valence-corrected chi connectivity index (χ4v) is 2.86. The molecule has 0 aromatic carbocycles. The van der Waals surface area contributed by atoms with E-state index in [0.717, 1.165) is 42.5 Å². The Kier molecular flexibility index (Phi) is 3.11. The number of hydrogen-bond donors (Lipinski definition) is 2. The third-order valence-electron chi connectivity index (χ3n) is 4.48. The van der Waals surface area contributed by atoms with Gasteiger partial charge in [-0.3, -0.25) is 25.1 Å². The van der Waals surface area contributed by atoms with Crippen LogP contribution in [0.5, 0.6) is 0 Å². The molecule has 2 fully saturated rings. The van der Waals surface area contributed by atoms with E-state index in [2.05, 4.69) is 20.9 Å². The Labute approximate surface area is 133 Å². The van der Waals surface area contributed by atoms with Crippen LogP contribution in [-0.4, -0.2) is 26.6 Å². The molecule has 0 radical (unpaired) electrons. The zero-order chi connectivity index (χ0) is 16.1. The molecule has 7 nitrogen and oxygen atoms in total. The Morgan fingerprint density at radius 1 is 1.22 bits per heavy atom. The minimum atomic E-state index is -0.315. The Balaban J connectivity index is 1.68. The number of rotatable bonds is 3. The molecule has 2 N–H and O–H groups in total. The standard InChI is InChI=1S/C16H19N5O2/c1-8-13-11(16(23)19-18-15(22)10-5-6-10)7-12(9-3-4-9)17-14(13)21(2)20-8/h7,9-10H,3-6H2,1-2H3,(H,18,22)(H,19,23). The molecular weight excluding hydrogens is 294 g/mol. The normalized spacial score (nSPS) is 17.3. The van der Waals surface area contributed by atoms with E-state index < -0.39 is 0 Å². The second kappa shape index (κ2) is 5.04. The summed E-state index contributed by atoms with van der Waals surface area (Å²) in [6, 6.07) is 1.84. The summed E-state index contributed by atoms with van der Waals surface area (Å²) in [6.45, 7) is 1.86. The molecule has 120 valence electrons. The van der Waals surface area contributed by atoms with E-state index in [9.17, 15) is 9.59 Å². The van der Waals surface area contributed by atoms with Crippen LogP contribution < -0.4 is 10.9 Å². The highest BCUT2D eigenvalue weighted by molar-refractivity contribution is 6.07. The molecule has 2 aromatic heterocycles. The van der Waals surface area contributed by atoms with E-state index in [0.29, 0.717) is 17.1 Å². The second-order valence-corrected chi connectivity index (χ2v) is 6.49. The van der Waals surface area contributed by atoms with Gasteiger partial charge in [-0.2, -0.15) is 5.10 Å². The van der Waals surface area contributed by atoms with Crippen LogP contribution >= 0.6 is 0 Å². The molecule has 7 heteroatoms. The SMILES string of the molecule is Cc1nn(C)c2nc(C3CC3)cc(C(=O)NNC(=O)C3CC3)c12. The number of nitrogens with one attached hydrogen (secondary N) is 2. The Morgan fingerprint density at radius 2 is 1.96 bits per heavy atom. The van der Waals surface area contributed by atoms with E-state index in [1.807, 2.05) is 20.0 Å². The Hall–Kier alpha value is -2.44. The summed E-state index contributed by atoms with van der Waals surface area (Å²) in [6.07, 6.45) is 4.01. The van der Waals surface area contributed by atoms with Crippen molar-refractivity contribution in [3.05, 3.63) is 23.0 Å². The molecule has 2 aromatic rings. The fraction of sp³-hybridized carbons (Fsp3) is 0.500. The van der Waals surface area contributed by atoms with Crippen molar-refractivity contribution < 1.29 is 9.59 Å². The molecule has 0 spiro atoms. The number of hydrogen-bond acceptors (Lipinski definition) is 4. The van der Waals surface area contributed by atoms with Crippen molar-refractivity contribution in [1.82, 2.24) is 25.6 Å². The number of pyridine rings is 1. The first-order chi connectivity index (χ1) is 11.0. The summed E-state index contributed by atoms with van der Waals surface area (Å²) < 4.78 is 1.70. The molecule has 0 saturated heterocycles. The largest absolute Gasteiger partial charge is 0.273 e. The lowest BCUT2D eigenvalue weighted by Crippen LogP contribution is -2.42. The number of amides is 2. The lowest BCUT2D eigenvalue weighted by Gasteiger charge is -2.09. The zero-order valence-corrected chi connectivity index (χ0v) is 13.2.